The molecule has 0 rings (SSSR count). The van der Waals surface area contributed by atoms with Gasteiger partial charge in [0, 0.05) is 6.54 Å². The Labute approximate surface area is 63.5 Å². The minimum absolute atomic E-state index is 0.903. The third-order valence-corrected chi connectivity index (χ3v) is 1.36. The Morgan fingerprint density at radius 3 is 2.80 bits per heavy atom. The minimum atomic E-state index is 0.903. The first-order chi connectivity index (χ1) is 4.91. The van der Waals surface area contributed by atoms with Crippen molar-refractivity contribution in [2.75, 3.05) is 13.1 Å². The van der Waals surface area contributed by atoms with E-state index < -0.39 is 0 Å². The molecule has 0 bridgehead atoms. The SMILES string of the molecule is CCCCCNCC=CN. The lowest BCUT2D eigenvalue weighted by molar-refractivity contribution is 0.646. The average Bonchev–Trinajstić information content (AvgIpc) is 1.97. The fourth-order valence-electron chi connectivity index (χ4n) is 0.753. The van der Waals surface area contributed by atoms with Crippen LogP contribution in [0.4, 0.5) is 0 Å². The normalized spacial score (nSPS) is 10.9. The molecule has 60 valence electrons. The van der Waals surface area contributed by atoms with E-state index >= 15 is 0 Å². The molecule has 10 heavy (non-hydrogen) atoms. The molecule has 0 saturated heterocycles. The molecule has 0 aromatic rings. The van der Waals surface area contributed by atoms with Crippen LogP contribution in [-0.4, -0.2) is 13.1 Å². The molecule has 0 radical (unpaired) electrons. The maximum Gasteiger partial charge on any atom is 0.0151 e. The molecule has 0 aromatic heterocycles. The van der Waals surface area contributed by atoms with Gasteiger partial charge in [0.1, 0.15) is 0 Å². The topological polar surface area (TPSA) is 38.0 Å². The van der Waals surface area contributed by atoms with E-state index in [0.29, 0.717) is 0 Å². The molecule has 0 amide bonds. The highest BCUT2D eigenvalue weighted by Gasteiger charge is 1.82. The van der Waals surface area contributed by atoms with Crippen LogP contribution in [0.1, 0.15) is 26.2 Å². The zero-order chi connectivity index (χ0) is 7.66. The van der Waals surface area contributed by atoms with Gasteiger partial charge < -0.3 is 11.1 Å². The van der Waals surface area contributed by atoms with Crippen molar-refractivity contribution >= 4 is 0 Å². The van der Waals surface area contributed by atoms with Crippen molar-refractivity contribution in [3.05, 3.63) is 12.3 Å². The van der Waals surface area contributed by atoms with Crippen molar-refractivity contribution in [1.82, 2.24) is 5.32 Å². The molecule has 0 aliphatic carbocycles. The van der Waals surface area contributed by atoms with E-state index in [2.05, 4.69) is 12.2 Å². The molecule has 0 saturated carbocycles. The fourth-order valence-corrected chi connectivity index (χ4v) is 0.753. The Morgan fingerprint density at radius 2 is 2.20 bits per heavy atom. The summed E-state index contributed by atoms with van der Waals surface area (Å²) < 4.78 is 0. The Hall–Kier alpha value is -0.500. The summed E-state index contributed by atoms with van der Waals surface area (Å²) in [5.41, 5.74) is 5.15. The van der Waals surface area contributed by atoms with Crippen molar-refractivity contribution in [3.8, 4) is 0 Å². The maximum absolute atomic E-state index is 5.15. The van der Waals surface area contributed by atoms with Gasteiger partial charge in [0.2, 0.25) is 0 Å². The predicted molar refractivity (Wildman–Crippen MR) is 45.7 cm³/mol. The fraction of sp³-hybridized carbons (Fsp3) is 0.750. The van der Waals surface area contributed by atoms with Crippen molar-refractivity contribution in [2.45, 2.75) is 26.2 Å². The van der Waals surface area contributed by atoms with Crippen LogP contribution in [0, 0.1) is 0 Å². The summed E-state index contributed by atoms with van der Waals surface area (Å²) in [4.78, 5) is 0. The van der Waals surface area contributed by atoms with Gasteiger partial charge in [-0.1, -0.05) is 25.8 Å². The number of unbranched alkanes of at least 4 members (excludes halogenated alkanes) is 2. The van der Waals surface area contributed by atoms with Gasteiger partial charge in [-0.25, -0.2) is 0 Å². The zero-order valence-electron chi connectivity index (χ0n) is 6.77. The highest BCUT2D eigenvalue weighted by molar-refractivity contribution is 4.77. The Balaban J connectivity index is 2.77. The van der Waals surface area contributed by atoms with Gasteiger partial charge in [0.05, 0.1) is 0 Å². The molecule has 2 heteroatoms. The first-order valence-electron chi connectivity index (χ1n) is 3.99. The first kappa shape index (κ1) is 9.50. The van der Waals surface area contributed by atoms with Gasteiger partial charge in [-0.05, 0) is 19.2 Å². The Bertz CT molecular complexity index is 79.3. The van der Waals surface area contributed by atoms with E-state index in [0.717, 1.165) is 13.1 Å². The van der Waals surface area contributed by atoms with E-state index in [1.807, 2.05) is 6.08 Å². The van der Waals surface area contributed by atoms with E-state index in [1.165, 1.54) is 19.3 Å². The van der Waals surface area contributed by atoms with Crippen LogP contribution in [0.5, 0.6) is 0 Å². The summed E-state index contributed by atoms with van der Waals surface area (Å²) in [6.45, 7) is 4.22. The molecular formula is C8H18N2. The summed E-state index contributed by atoms with van der Waals surface area (Å²) in [5.74, 6) is 0. The summed E-state index contributed by atoms with van der Waals surface area (Å²) in [6, 6.07) is 0. The monoisotopic (exact) mass is 142 g/mol. The van der Waals surface area contributed by atoms with Crippen molar-refractivity contribution in [2.24, 2.45) is 5.73 Å². The quantitative estimate of drug-likeness (QED) is 0.547. The Kier molecular flexibility index (Phi) is 8.07. The number of hydrogen-bond donors (Lipinski definition) is 2. The van der Waals surface area contributed by atoms with Gasteiger partial charge in [0.15, 0.2) is 0 Å². The van der Waals surface area contributed by atoms with Crippen molar-refractivity contribution in [1.29, 1.82) is 0 Å². The van der Waals surface area contributed by atoms with E-state index in [-0.39, 0.29) is 0 Å². The smallest absolute Gasteiger partial charge is 0.0151 e. The highest BCUT2D eigenvalue weighted by atomic mass is 14.8. The Morgan fingerprint density at radius 1 is 1.40 bits per heavy atom. The summed E-state index contributed by atoms with van der Waals surface area (Å²) in [5, 5.41) is 3.25. The van der Waals surface area contributed by atoms with Gasteiger partial charge in [-0.2, -0.15) is 0 Å². The van der Waals surface area contributed by atoms with Crippen LogP contribution in [-0.2, 0) is 0 Å². The number of hydrogen-bond acceptors (Lipinski definition) is 2. The molecule has 2 nitrogen and oxygen atoms in total. The molecular weight excluding hydrogens is 124 g/mol. The molecule has 0 spiro atoms. The average molecular weight is 142 g/mol. The van der Waals surface area contributed by atoms with Gasteiger partial charge >= 0.3 is 0 Å². The lowest BCUT2D eigenvalue weighted by atomic mass is 10.2. The van der Waals surface area contributed by atoms with Crippen molar-refractivity contribution < 1.29 is 0 Å². The standard InChI is InChI=1S/C8H18N2/c1-2-3-4-7-10-8-5-6-9/h5-6,10H,2-4,7-9H2,1H3. The molecule has 0 fully saturated rings. The summed E-state index contributed by atoms with van der Waals surface area (Å²) >= 11 is 0. The maximum atomic E-state index is 5.15. The lowest BCUT2D eigenvalue weighted by Gasteiger charge is -1.98. The highest BCUT2D eigenvalue weighted by Crippen LogP contribution is 1.90. The number of nitrogens with two attached hydrogens (primary N) is 1. The largest absolute Gasteiger partial charge is 0.405 e. The third-order valence-electron chi connectivity index (χ3n) is 1.36. The van der Waals surface area contributed by atoms with Crippen LogP contribution in [0.25, 0.3) is 0 Å². The molecule has 0 aliphatic heterocycles. The number of rotatable bonds is 6. The molecule has 3 N–H and O–H groups in total. The molecule has 0 unspecified atom stereocenters. The van der Waals surface area contributed by atoms with E-state index in [9.17, 15) is 0 Å². The number of nitrogens with one attached hydrogen (secondary N) is 1. The van der Waals surface area contributed by atoms with Crippen LogP contribution >= 0.6 is 0 Å². The second-order valence-corrected chi connectivity index (χ2v) is 2.34. The van der Waals surface area contributed by atoms with Gasteiger partial charge in [-0.3, -0.25) is 0 Å². The third kappa shape index (κ3) is 7.50. The zero-order valence-corrected chi connectivity index (χ0v) is 6.77. The molecule has 0 aromatic carbocycles. The minimum Gasteiger partial charge on any atom is -0.405 e. The van der Waals surface area contributed by atoms with Crippen molar-refractivity contribution in [3.63, 3.8) is 0 Å². The van der Waals surface area contributed by atoms with Crippen LogP contribution in [0.3, 0.4) is 0 Å². The molecule has 0 aliphatic rings. The lowest BCUT2D eigenvalue weighted by Crippen LogP contribution is -2.14. The summed E-state index contributed by atoms with van der Waals surface area (Å²) in [6.07, 6.45) is 7.38. The second-order valence-electron chi connectivity index (χ2n) is 2.34. The van der Waals surface area contributed by atoms with E-state index in [4.69, 9.17) is 5.73 Å². The molecule has 0 heterocycles. The van der Waals surface area contributed by atoms with Crippen LogP contribution < -0.4 is 11.1 Å². The second kappa shape index (κ2) is 8.50. The van der Waals surface area contributed by atoms with Crippen LogP contribution in [0.15, 0.2) is 12.3 Å². The van der Waals surface area contributed by atoms with Gasteiger partial charge in [0.25, 0.3) is 0 Å². The summed E-state index contributed by atoms with van der Waals surface area (Å²) in [7, 11) is 0. The molecule has 0 atom stereocenters. The van der Waals surface area contributed by atoms with E-state index in [1.54, 1.807) is 6.20 Å². The van der Waals surface area contributed by atoms with Gasteiger partial charge in [-0.15, -0.1) is 0 Å². The van der Waals surface area contributed by atoms with Crippen LogP contribution in [0.2, 0.25) is 0 Å². The predicted octanol–water partition coefficient (Wildman–Crippen LogP) is 1.24. The first-order valence-corrected chi connectivity index (χ1v) is 3.99.